The quantitative estimate of drug-likeness (QED) is 0.766. The number of carboxylic acids is 1. The molecule has 1 unspecified atom stereocenters. The van der Waals surface area contributed by atoms with E-state index < -0.39 is 5.97 Å². The first-order valence-electron chi connectivity index (χ1n) is 8.42. The molecule has 0 fully saturated rings. The Labute approximate surface area is 147 Å². The van der Waals surface area contributed by atoms with Crippen molar-refractivity contribution in [3.05, 3.63) is 47.3 Å². The number of aromatic carboxylic acids is 1. The fraction of sp³-hybridized carbons (Fsp3) is 0.444. The molecule has 25 heavy (non-hydrogen) atoms. The maximum atomic E-state index is 12.3. The highest BCUT2D eigenvalue weighted by Gasteiger charge is 2.19. The summed E-state index contributed by atoms with van der Waals surface area (Å²) in [4.78, 5) is 23.1. The summed E-state index contributed by atoms with van der Waals surface area (Å²) in [5, 5.41) is 19.0. The van der Waals surface area contributed by atoms with Crippen LogP contribution in [0.3, 0.4) is 0 Å². The molecule has 0 aliphatic heterocycles. The van der Waals surface area contributed by atoms with E-state index in [1.54, 1.807) is 0 Å². The smallest absolute Gasteiger partial charge is 0.358 e. The number of carbonyl (C=O) groups is 2. The Morgan fingerprint density at radius 3 is 2.44 bits per heavy atom. The number of carbonyl (C=O) groups excluding carboxylic acids is 1. The van der Waals surface area contributed by atoms with Gasteiger partial charge < -0.3 is 10.4 Å². The summed E-state index contributed by atoms with van der Waals surface area (Å²) in [6.45, 7) is 6.16. The van der Waals surface area contributed by atoms with E-state index in [0.29, 0.717) is 0 Å². The molecule has 0 spiro atoms. The fourth-order valence-corrected chi connectivity index (χ4v) is 2.66. The van der Waals surface area contributed by atoms with E-state index in [9.17, 15) is 9.59 Å². The Morgan fingerprint density at radius 1 is 1.24 bits per heavy atom. The molecule has 2 aromatic rings. The molecule has 2 N–H and O–H groups in total. The zero-order valence-corrected chi connectivity index (χ0v) is 14.8. The van der Waals surface area contributed by atoms with Gasteiger partial charge in [-0.2, -0.15) is 0 Å². The lowest BCUT2D eigenvalue weighted by Crippen LogP contribution is -2.34. The first-order valence-corrected chi connectivity index (χ1v) is 8.42. The van der Waals surface area contributed by atoms with E-state index in [1.807, 2.05) is 26.0 Å². The van der Waals surface area contributed by atoms with Crippen LogP contribution in [-0.4, -0.2) is 32.0 Å². The SMILES string of the molecule is CCCc1ccc(C(NC(=O)Cn2cc(C(=O)O)nn2)C(C)C)cc1. The van der Waals surface area contributed by atoms with Crippen molar-refractivity contribution in [1.29, 1.82) is 0 Å². The van der Waals surface area contributed by atoms with Gasteiger partial charge in [-0.15, -0.1) is 5.10 Å². The number of aromatic nitrogens is 3. The summed E-state index contributed by atoms with van der Waals surface area (Å²) < 4.78 is 1.22. The summed E-state index contributed by atoms with van der Waals surface area (Å²) in [5.41, 5.74) is 2.15. The highest BCUT2D eigenvalue weighted by molar-refractivity contribution is 5.84. The van der Waals surface area contributed by atoms with Crippen LogP contribution in [0.4, 0.5) is 0 Å². The van der Waals surface area contributed by atoms with Crippen LogP contribution in [0.2, 0.25) is 0 Å². The van der Waals surface area contributed by atoms with Crippen LogP contribution in [0.5, 0.6) is 0 Å². The van der Waals surface area contributed by atoms with Gasteiger partial charge in [0.1, 0.15) is 6.54 Å². The van der Waals surface area contributed by atoms with Gasteiger partial charge in [-0.05, 0) is 23.5 Å². The number of amides is 1. The zero-order chi connectivity index (χ0) is 18.4. The number of carboxylic acid groups (broad SMARTS) is 1. The largest absolute Gasteiger partial charge is 0.476 e. The molecule has 1 amide bonds. The summed E-state index contributed by atoms with van der Waals surface area (Å²) in [6, 6.07) is 8.17. The number of hydrogen-bond donors (Lipinski definition) is 2. The third-order valence-electron chi connectivity index (χ3n) is 3.92. The molecule has 1 aromatic carbocycles. The normalized spacial score (nSPS) is 12.2. The third-order valence-corrected chi connectivity index (χ3v) is 3.92. The van der Waals surface area contributed by atoms with E-state index in [4.69, 9.17) is 5.11 Å². The van der Waals surface area contributed by atoms with Crippen molar-refractivity contribution in [3.63, 3.8) is 0 Å². The van der Waals surface area contributed by atoms with Crippen LogP contribution >= 0.6 is 0 Å². The molecular formula is C18H24N4O3. The number of benzene rings is 1. The van der Waals surface area contributed by atoms with E-state index in [-0.39, 0.29) is 30.1 Å². The molecule has 1 heterocycles. The van der Waals surface area contributed by atoms with Gasteiger partial charge in [0.25, 0.3) is 0 Å². The molecule has 0 radical (unpaired) electrons. The minimum Gasteiger partial charge on any atom is -0.476 e. The highest BCUT2D eigenvalue weighted by Crippen LogP contribution is 2.22. The zero-order valence-electron chi connectivity index (χ0n) is 14.8. The molecule has 0 aliphatic rings. The number of nitrogens with zero attached hydrogens (tertiary/aromatic N) is 3. The van der Waals surface area contributed by atoms with Gasteiger partial charge in [0.05, 0.1) is 12.2 Å². The molecule has 7 heteroatoms. The minimum absolute atomic E-state index is 0.0720. The highest BCUT2D eigenvalue weighted by atomic mass is 16.4. The maximum absolute atomic E-state index is 12.3. The summed E-state index contributed by atoms with van der Waals surface area (Å²) in [5.74, 6) is -1.19. The molecule has 0 saturated heterocycles. The summed E-state index contributed by atoms with van der Waals surface area (Å²) >= 11 is 0. The number of hydrogen-bond acceptors (Lipinski definition) is 4. The Balaban J connectivity index is 2.04. The molecule has 0 saturated carbocycles. The van der Waals surface area contributed by atoms with Crippen LogP contribution in [-0.2, 0) is 17.8 Å². The lowest BCUT2D eigenvalue weighted by Gasteiger charge is -2.23. The van der Waals surface area contributed by atoms with Crippen LogP contribution in [0.1, 0.15) is 54.8 Å². The summed E-state index contributed by atoms with van der Waals surface area (Å²) in [7, 11) is 0. The molecule has 7 nitrogen and oxygen atoms in total. The standard InChI is InChI=1S/C18H24N4O3/c1-4-5-13-6-8-14(9-7-13)17(12(2)3)19-16(23)11-22-10-15(18(24)25)20-21-22/h6-10,12,17H,4-5,11H2,1-3H3,(H,19,23)(H,24,25). The van der Waals surface area contributed by atoms with Gasteiger partial charge in [0.15, 0.2) is 5.69 Å². The van der Waals surface area contributed by atoms with Gasteiger partial charge in [-0.1, -0.05) is 56.7 Å². The number of nitrogens with one attached hydrogen (secondary N) is 1. The molecule has 0 bridgehead atoms. The van der Waals surface area contributed by atoms with Gasteiger partial charge in [0.2, 0.25) is 5.91 Å². The van der Waals surface area contributed by atoms with E-state index >= 15 is 0 Å². The fourth-order valence-electron chi connectivity index (χ4n) is 2.66. The van der Waals surface area contributed by atoms with Gasteiger partial charge in [-0.25, -0.2) is 9.48 Å². The van der Waals surface area contributed by atoms with E-state index in [2.05, 4.69) is 34.7 Å². The van der Waals surface area contributed by atoms with Crippen molar-refractivity contribution in [1.82, 2.24) is 20.3 Å². The van der Waals surface area contributed by atoms with Crippen molar-refractivity contribution in [3.8, 4) is 0 Å². The van der Waals surface area contributed by atoms with Crippen molar-refractivity contribution in [2.24, 2.45) is 5.92 Å². The van der Waals surface area contributed by atoms with Crippen LogP contribution in [0.25, 0.3) is 0 Å². The van der Waals surface area contributed by atoms with Crippen LogP contribution < -0.4 is 5.32 Å². The monoisotopic (exact) mass is 344 g/mol. The van der Waals surface area contributed by atoms with Gasteiger partial charge >= 0.3 is 5.97 Å². The first-order chi connectivity index (χ1) is 11.9. The van der Waals surface area contributed by atoms with Crippen molar-refractivity contribution in [2.75, 3.05) is 0 Å². The third kappa shape index (κ3) is 5.14. The number of aryl methyl sites for hydroxylation is 1. The molecule has 134 valence electrons. The van der Waals surface area contributed by atoms with Crippen molar-refractivity contribution in [2.45, 2.75) is 46.2 Å². The minimum atomic E-state index is -1.17. The predicted molar refractivity (Wildman–Crippen MR) is 93.1 cm³/mol. The molecule has 2 rings (SSSR count). The lowest BCUT2D eigenvalue weighted by molar-refractivity contribution is -0.123. The van der Waals surface area contributed by atoms with Crippen molar-refractivity contribution < 1.29 is 14.7 Å². The van der Waals surface area contributed by atoms with Crippen LogP contribution in [0, 0.1) is 5.92 Å². The second-order valence-corrected chi connectivity index (χ2v) is 6.39. The predicted octanol–water partition coefficient (Wildman–Crippen LogP) is 2.44. The topological polar surface area (TPSA) is 97.1 Å². The Morgan fingerprint density at radius 2 is 1.92 bits per heavy atom. The molecule has 0 aliphatic carbocycles. The Hall–Kier alpha value is -2.70. The molecule has 1 aromatic heterocycles. The Bertz CT molecular complexity index is 722. The summed E-state index contributed by atoms with van der Waals surface area (Å²) in [6.07, 6.45) is 3.38. The average molecular weight is 344 g/mol. The Kier molecular flexibility index (Phi) is 6.27. The van der Waals surface area contributed by atoms with Crippen molar-refractivity contribution >= 4 is 11.9 Å². The second kappa shape index (κ2) is 8.41. The first kappa shape index (κ1) is 18.6. The second-order valence-electron chi connectivity index (χ2n) is 6.39. The molecule has 1 atom stereocenters. The van der Waals surface area contributed by atoms with Gasteiger partial charge in [0, 0.05) is 0 Å². The van der Waals surface area contributed by atoms with Gasteiger partial charge in [-0.3, -0.25) is 4.79 Å². The molecular weight excluding hydrogens is 320 g/mol. The van der Waals surface area contributed by atoms with E-state index in [0.717, 1.165) is 18.4 Å². The number of rotatable bonds is 8. The average Bonchev–Trinajstić information content (AvgIpc) is 3.02. The van der Waals surface area contributed by atoms with Crippen LogP contribution in [0.15, 0.2) is 30.5 Å². The maximum Gasteiger partial charge on any atom is 0.358 e. The van der Waals surface area contributed by atoms with E-state index in [1.165, 1.54) is 16.4 Å². The lowest BCUT2D eigenvalue weighted by atomic mass is 9.94.